The second kappa shape index (κ2) is 9.55. The van der Waals surface area contributed by atoms with Crippen LogP contribution in [0.2, 0.25) is 0 Å². The molecule has 0 saturated heterocycles. The van der Waals surface area contributed by atoms with E-state index < -0.39 is 0 Å². The summed E-state index contributed by atoms with van der Waals surface area (Å²) in [5, 5.41) is 6.64. The van der Waals surface area contributed by atoms with Gasteiger partial charge in [-0.2, -0.15) is 0 Å². The molecule has 5 nitrogen and oxygen atoms in total. The first-order valence-corrected chi connectivity index (χ1v) is 8.17. The van der Waals surface area contributed by atoms with Gasteiger partial charge < -0.3 is 15.5 Å². The van der Waals surface area contributed by atoms with Crippen molar-refractivity contribution in [3.63, 3.8) is 0 Å². The zero-order chi connectivity index (χ0) is 15.7. The molecule has 1 heterocycles. The molecule has 120 valence electrons. The molecule has 21 heavy (non-hydrogen) atoms. The van der Waals surface area contributed by atoms with Gasteiger partial charge in [-0.25, -0.2) is 9.97 Å². The van der Waals surface area contributed by atoms with Crippen LogP contribution >= 0.6 is 0 Å². The SMILES string of the molecule is CCCc1nc(NC)c(C)c(NCCN(CC)CCC)n1. The van der Waals surface area contributed by atoms with Crippen molar-refractivity contribution in [1.29, 1.82) is 0 Å². The average molecular weight is 293 g/mol. The van der Waals surface area contributed by atoms with Crippen LogP contribution in [0.15, 0.2) is 0 Å². The lowest BCUT2D eigenvalue weighted by molar-refractivity contribution is 0.300. The number of aromatic nitrogens is 2. The van der Waals surface area contributed by atoms with Crippen LogP contribution in [-0.2, 0) is 6.42 Å². The lowest BCUT2D eigenvalue weighted by Crippen LogP contribution is -2.30. The summed E-state index contributed by atoms with van der Waals surface area (Å²) in [6.07, 6.45) is 3.18. The summed E-state index contributed by atoms with van der Waals surface area (Å²) in [6.45, 7) is 12.9. The number of hydrogen-bond acceptors (Lipinski definition) is 5. The highest BCUT2D eigenvalue weighted by Crippen LogP contribution is 2.19. The van der Waals surface area contributed by atoms with Crippen molar-refractivity contribution in [2.75, 3.05) is 43.9 Å². The fourth-order valence-electron chi connectivity index (χ4n) is 2.39. The van der Waals surface area contributed by atoms with Crippen LogP contribution < -0.4 is 10.6 Å². The maximum absolute atomic E-state index is 4.66. The Balaban J connectivity index is 2.70. The van der Waals surface area contributed by atoms with Gasteiger partial charge in [-0.1, -0.05) is 20.8 Å². The van der Waals surface area contributed by atoms with Gasteiger partial charge in [0.25, 0.3) is 0 Å². The minimum atomic E-state index is 0.913. The standard InChI is InChI=1S/C16H31N5/c1-6-9-14-19-15(17-5)13(4)16(20-14)18-10-12-21(8-3)11-7-2/h6-12H2,1-5H3,(H2,17,18,19,20). The first kappa shape index (κ1) is 17.7. The van der Waals surface area contributed by atoms with Crippen molar-refractivity contribution in [3.8, 4) is 0 Å². The van der Waals surface area contributed by atoms with Crippen molar-refractivity contribution in [3.05, 3.63) is 11.4 Å². The van der Waals surface area contributed by atoms with Crippen molar-refractivity contribution in [2.45, 2.75) is 47.0 Å². The van der Waals surface area contributed by atoms with Crippen LogP contribution in [0.5, 0.6) is 0 Å². The first-order valence-electron chi connectivity index (χ1n) is 8.17. The highest BCUT2D eigenvalue weighted by atomic mass is 15.1. The highest BCUT2D eigenvalue weighted by molar-refractivity contribution is 5.57. The van der Waals surface area contributed by atoms with Gasteiger partial charge in [-0.15, -0.1) is 0 Å². The fourth-order valence-corrected chi connectivity index (χ4v) is 2.39. The molecule has 0 aliphatic heterocycles. The quantitative estimate of drug-likeness (QED) is 0.694. The maximum atomic E-state index is 4.66. The highest BCUT2D eigenvalue weighted by Gasteiger charge is 2.09. The number of aryl methyl sites for hydroxylation is 1. The Kier molecular flexibility index (Phi) is 8.05. The Morgan fingerprint density at radius 2 is 1.71 bits per heavy atom. The predicted octanol–water partition coefficient (Wildman–Crippen LogP) is 2.92. The van der Waals surface area contributed by atoms with Gasteiger partial charge in [0, 0.05) is 32.1 Å². The molecule has 0 aliphatic carbocycles. The topological polar surface area (TPSA) is 53.1 Å². The zero-order valence-corrected chi connectivity index (χ0v) is 14.3. The van der Waals surface area contributed by atoms with Crippen LogP contribution in [0.25, 0.3) is 0 Å². The van der Waals surface area contributed by atoms with E-state index in [9.17, 15) is 0 Å². The van der Waals surface area contributed by atoms with Crippen LogP contribution in [0.1, 0.15) is 45.0 Å². The maximum Gasteiger partial charge on any atom is 0.134 e. The molecule has 0 spiro atoms. The molecule has 0 bridgehead atoms. The lowest BCUT2D eigenvalue weighted by atomic mass is 10.2. The molecule has 0 fully saturated rings. The Hall–Kier alpha value is -1.36. The Bertz CT molecular complexity index is 419. The number of hydrogen-bond donors (Lipinski definition) is 2. The van der Waals surface area contributed by atoms with Crippen molar-refractivity contribution in [1.82, 2.24) is 14.9 Å². The van der Waals surface area contributed by atoms with E-state index in [2.05, 4.69) is 53.2 Å². The summed E-state index contributed by atoms with van der Waals surface area (Å²) >= 11 is 0. The molecule has 1 aromatic rings. The van der Waals surface area contributed by atoms with Gasteiger partial charge in [-0.05, 0) is 32.9 Å². The molecule has 0 radical (unpaired) electrons. The molecule has 0 aliphatic rings. The summed E-state index contributed by atoms with van der Waals surface area (Å²) in [7, 11) is 1.91. The van der Waals surface area contributed by atoms with Gasteiger partial charge in [0.15, 0.2) is 0 Å². The monoisotopic (exact) mass is 293 g/mol. The second-order valence-electron chi connectivity index (χ2n) is 5.32. The zero-order valence-electron chi connectivity index (χ0n) is 14.3. The Morgan fingerprint density at radius 1 is 1.00 bits per heavy atom. The van der Waals surface area contributed by atoms with E-state index in [0.717, 1.165) is 62.0 Å². The minimum Gasteiger partial charge on any atom is -0.373 e. The average Bonchev–Trinajstić information content (AvgIpc) is 2.49. The third-order valence-corrected chi connectivity index (χ3v) is 3.61. The first-order chi connectivity index (χ1) is 10.2. The van der Waals surface area contributed by atoms with E-state index in [0.29, 0.717) is 0 Å². The van der Waals surface area contributed by atoms with E-state index in [1.807, 2.05) is 7.05 Å². The van der Waals surface area contributed by atoms with Crippen molar-refractivity contribution < 1.29 is 0 Å². The number of anilines is 2. The summed E-state index contributed by atoms with van der Waals surface area (Å²) < 4.78 is 0. The molecule has 0 amide bonds. The van der Waals surface area contributed by atoms with Gasteiger partial charge in [0.05, 0.1) is 0 Å². The van der Waals surface area contributed by atoms with Gasteiger partial charge in [0.2, 0.25) is 0 Å². The van der Waals surface area contributed by atoms with Gasteiger partial charge in [0.1, 0.15) is 17.5 Å². The Morgan fingerprint density at radius 3 is 2.29 bits per heavy atom. The van der Waals surface area contributed by atoms with Crippen LogP contribution in [0.3, 0.4) is 0 Å². The number of rotatable bonds is 10. The summed E-state index contributed by atoms with van der Waals surface area (Å²) in [5.41, 5.74) is 1.09. The molecule has 1 rings (SSSR count). The van der Waals surface area contributed by atoms with Crippen LogP contribution in [0, 0.1) is 6.92 Å². The molecule has 2 N–H and O–H groups in total. The smallest absolute Gasteiger partial charge is 0.134 e. The van der Waals surface area contributed by atoms with E-state index in [4.69, 9.17) is 0 Å². The molecule has 0 aromatic carbocycles. The van der Waals surface area contributed by atoms with E-state index >= 15 is 0 Å². The molecule has 1 aromatic heterocycles. The summed E-state index contributed by atoms with van der Waals surface area (Å²) in [6, 6.07) is 0. The van der Waals surface area contributed by atoms with Crippen LogP contribution in [0.4, 0.5) is 11.6 Å². The molecular weight excluding hydrogens is 262 g/mol. The van der Waals surface area contributed by atoms with Gasteiger partial charge in [-0.3, -0.25) is 0 Å². The van der Waals surface area contributed by atoms with E-state index in [-0.39, 0.29) is 0 Å². The molecule has 0 atom stereocenters. The second-order valence-corrected chi connectivity index (χ2v) is 5.32. The normalized spacial score (nSPS) is 11.0. The van der Waals surface area contributed by atoms with Gasteiger partial charge >= 0.3 is 0 Å². The summed E-state index contributed by atoms with van der Waals surface area (Å²) in [4.78, 5) is 11.7. The minimum absolute atomic E-state index is 0.913. The number of nitrogens with one attached hydrogen (secondary N) is 2. The van der Waals surface area contributed by atoms with E-state index in [1.54, 1.807) is 0 Å². The molecule has 0 saturated carbocycles. The number of nitrogens with zero attached hydrogens (tertiary/aromatic N) is 3. The van der Waals surface area contributed by atoms with Crippen molar-refractivity contribution in [2.24, 2.45) is 0 Å². The summed E-state index contributed by atoms with van der Waals surface area (Å²) in [5.74, 6) is 2.80. The molecular formula is C16H31N5. The molecule has 0 unspecified atom stereocenters. The molecule has 5 heteroatoms. The lowest BCUT2D eigenvalue weighted by Gasteiger charge is -2.20. The number of likely N-dealkylation sites (N-methyl/N-ethyl adjacent to an activating group) is 1. The Labute approximate surface area is 129 Å². The van der Waals surface area contributed by atoms with Crippen molar-refractivity contribution >= 4 is 11.6 Å². The predicted molar refractivity (Wildman–Crippen MR) is 91.2 cm³/mol. The third kappa shape index (κ3) is 5.50. The van der Waals surface area contributed by atoms with E-state index in [1.165, 1.54) is 6.42 Å². The third-order valence-electron chi connectivity index (χ3n) is 3.61. The van der Waals surface area contributed by atoms with Crippen LogP contribution in [-0.4, -0.2) is 48.1 Å². The largest absolute Gasteiger partial charge is 0.373 e. The fraction of sp³-hybridized carbons (Fsp3) is 0.750.